The van der Waals surface area contributed by atoms with Gasteiger partial charge in [-0.05, 0) is 33.2 Å². The third kappa shape index (κ3) is 3.66. The first-order valence-corrected chi connectivity index (χ1v) is 8.30. The SMILES string of the molecule is Cc1ccc(-n2ccnc2)c(C(=O)NC[C@@H]2CN(C)CCN2C)c1. The van der Waals surface area contributed by atoms with E-state index >= 15 is 0 Å². The topological polar surface area (TPSA) is 53.4 Å². The number of hydrogen-bond donors (Lipinski definition) is 1. The fourth-order valence-corrected chi connectivity index (χ4v) is 3.09. The van der Waals surface area contributed by atoms with Crippen molar-refractivity contribution in [3.05, 3.63) is 48.0 Å². The lowest BCUT2D eigenvalue weighted by molar-refractivity contribution is 0.0881. The second-order valence-corrected chi connectivity index (χ2v) is 6.60. The lowest BCUT2D eigenvalue weighted by Gasteiger charge is -2.37. The third-order valence-electron chi connectivity index (χ3n) is 4.66. The van der Waals surface area contributed by atoms with Gasteiger partial charge in [-0.2, -0.15) is 0 Å². The van der Waals surface area contributed by atoms with Crippen molar-refractivity contribution in [2.24, 2.45) is 0 Å². The van der Waals surface area contributed by atoms with Gasteiger partial charge in [-0.1, -0.05) is 11.6 Å². The van der Waals surface area contributed by atoms with Gasteiger partial charge in [0.2, 0.25) is 0 Å². The molecular formula is C18H25N5O. The van der Waals surface area contributed by atoms with Crippen LogP contribution in [-0.2, 0) is 0 Å². The van der Waals surface area contributed by atoms with Crippen LogP contribution in [0.2, 0.25) is 0 Å². The number of amides is 1. The highest BCUT2D eigenvalue weighted by atomic mass is 16.1. The summed E-state index contributed by atoms with van der Waals surface area (Å²) < 4.78 is 1.87. The number of piperazine rings is 1. The Morgan fingerprint density at radius 3 is 2.92 bits per heavy atom. The van der Waals surface area contributed by atoms with Crippen LogP contribution in [0.5, 0.6) is 0 Å². The Morgan fingerprint density at radius 2 is 2.17 bits per heavy atom. The zero-order valence-electron chi connectivity index (χ0n) is 14.6. The number of aromatic nitrogens is 2. The van der Waals surface area contributed by atoms with Crippen molar-refractivity contribution in [3.8, 4) is 5.69 Å². The molecule has 0 unspecified atom stereocenters. The second kappa shape index (κ2) is 7.15. The maximum absolute atomic E-state index is 12.8. The Morgan fingerprint density at radius 1 is 1.33 bits per heavy atom. The summed E-state index contributed by atoms with van der Waals surface area (Å²) in [7, 11) is 4.24. The lowest BCUT2D eigenvalue weighted by Crippen LogP contribution is -2.54. The molecule has 0 radical (unpaired) electrons. The number of benzene rings is 1. The average Bonchev–Trinajstić information content (AvgIpc) is 3.09. The molecule has 1 aromatic carbocycles. The van der Waals surface area contributed by atoms with Crippen LogP contribution in [0.4, 0.5) is 0 Å². The van der Waals surface area contributed by atoms with Gasteiger partial charge in [0, 0.05) is 44.6 Å². The van der Waals surface area contributed by atoms with Gasteiger partial charge in [0.1, 0.15) is 0 Å². The standard InChI is InChI=1S/C18H25N5O/c1-14-4-5-17(23-7-6-19-13-23)16(10-14)18(24)20-11-15-12-21(2)8-9-22(15)3/h4-7,10,13,15H,8-9,11-12H2,1-3H3,(H,20,24)/t15-/m1/s1. The number of hydrogen-bond acceptors (Lipinski definition) is 4. The van der Waals surface area contributed by atoms with Gasteiger partial charge in [-0.25, -0.2) is 4.98 Å². The van der Waals surface area contributed by atoms with Crippen LogP contribution in [0.1, 0.15) is 15.9 Å². The summed E-state index contributed by atoms with van der Waals surface area (Å²) in [5.74, 6) is -0.0379. The van der Waals surface area contributed by atoms with Gasteiger partial charge in [-0.15, -0.1) is 0 Å². The zero-order valence-corrected chi connectivity index (χ0v) is 14.6. The highest BCUT2D eigenvalue weighted by Crippen LogP contribution is 2.16. The van der Waals surface area contributed by atoms with E-state index in [1.807, 2.05) is 35.9 Å². The summed E-state index contributed by atoms with van der Waals surface area (Å²) in [4.78, 5) is 21.5. The highest BCUT2D eigenvalue weighted by Gasteiger charge is 2.23. The summed E-state index contributed by atoms with van der Waals surface area (Å²) in [5.41, 5.74) is 2.60. The first-order chi connectivity index (χ1) is 11.5. The summed E-state index contributed by atoms with van der Waals surface area (Å²) >= 11 is 0. The largest absolute Gasteiger partial charge is 0.350 e. The Balaban J connectivity index is 1.74. The predicted molar refractivity (Wildman–Crippen MR) is 94.5 cm³/mol. The van der Waals surface area contributed by atoms with Gasteiger partial charge in [0.25, 0.3) is 5.91 Å². The molecule has 6 heteroatoms. The van der Waals surface area contributed by atoms with E-state index in [0.29, 0.717) is 18.2 Å². The van der Waals surface area contributed by atoms with Gasteiger partial charge in [-0.3, -0.25) is 9.69 Å². The highest BCUT2D eigenvalue weighted by molar-refractivity contribution is 5.98. The summed E-state index contributed by atoms with van der Waals surface area (Å²) in [6.45, 7) is 5.72. The normalized spacial score (nSPS) is 19.4. The minimum atomic E-state index is -0.0379. The van der Waals surface area contributed by atoms with E-state index in [9.17, 15) is 4.79 Å². The van der Waals surface area contributed by atoms with Crippen molar-refractivity contribution in [2.45, 2.75) is 13.0 Å². The Labute approximate surface area is 143 Å². The van der Waals surface area contributed by atoms with E-state index in [-0.39, 0.29) is 5.91 Å². The molecule has 1 aliphatic rings. The Kier molecular flexibility index (Phi) is 4.97. The van der Waals surface area contributed by atoms with Crippen LogP contribution in [0.3, 0.4) is 0 Å². The molecular weight excluding hydrogens is 302 g/mol. The van der Waals surface area contributed by atoms with Crippen LogP contribution >= 0.6 is 0 Å². The van der Waals surface area contributed by atoms with Gasteiger partial charge in [0.15, 0.2) is 0 Å². The number of nitrogens with one attached hydrogen (secondary N) is 1. The number of rotatable bonds is 4. The van der Waals surface area contributed by atoms with E-state index in [2.05, 4.69) is 34.2 Å². The quantitative estimate of drug-likeness (QED) is 0.915. The molecule has 2 heterocycles. The molecule has 24 heavy (non-hydrogen) atoms. The van der Waals surface area contributed by atoms with Crippen LogP contribution in [-0.4, -0.2) is 71.6 Å². The monoisotopic (exact) mass is 327 g/mol. The van der Waals surface area contributed by atoms with Crippen LogP contribution in [0.15, 0.2) is 36.9 Å². The fourth-order valence-electron chi connectivity index (χ4n) is 3.09. The first-order valence-electron chi connectivity index (χ1n) is 8.30. The Bertz CT molecular complexity index is 697. The molecule has 1 atom stereocenters. The fraction of sp³-hybridized carbons (Fsp3) is 0.444. The molecule has 1 saturated heterocycles. The smallest absolute Gasteiger partial charge is 0.253 e. The molecule has 1 fully saturated rings. The number of likely N-dealkylation sites (N-methyl/N-ethyl adjacent to an activating group) is 2. The van der Waals surface area contributed by atoms with Crippen molar-refractivity contribution >= 4 is 5.91 Å². The van der Waals surface area contributed by atoms with E-state index in [4.69, 9.17) is 0 Å². The summed E-state index contributed by atoms with van der Waals surface area (Å²) in [6.07, 6.45) is 5.28. The average molecular weight is 327 g/mol. The number of aryl methyl sites for hydroxylation is 1. The number of imidazole rings is 1. The molecule has 6 nitrogen and oxygen atoms in total. The van der Waals surface area contributed by atoms with Crippen molar-refractivity contribution in [3.63, 3.8) is 0 Å². The lowest BCUT2D eigenvalue weighted by atomic mass is 10.1. The number of carbonyl (C=O) groups excluding carboxylic acids is 1. The van der Waals surface area contributed by atoms with Crippen LogP contribution in [0.25, 0.3) is 5.69 Å². The molecule has 0 saturated carbocycles. The molecule has 2 aromatic rings. The Hall–Kier alpha value is -2.18. The van der Waals surface area contributed by atoms with E-state index in [1.165, 1.54) is 0 Å². The van der Waals surface area contributed by atoms with Gasteiger partial charge in [0.05, 0.1) is 17.6 Å². The molecule has 128 valence electrons. The number of carbonyl (C=O) groups is 1. The molecule has 1 aromatic heterocycles. The van der Waals surface area contributed by atoms with Crippen molar-refractivity contribution < 1.29 is 4.79 Å². The molecule has 1 N–H and O–H groups in total. The molecule has 1 amide bonds. The second-order valence-electron chi connectivity index (χ2n) is 6.60. The summed E-state index contributed by atoms with van der Waals surface area (Å²) in [6, 6.07) is 6.25. The predicted octanol–water partition coefficient (Wildman–Crippen LogP) is 1.16. The molecule has 0 aliphatic carbocycles. The van der Waals surface area contributed by atoms with E-state index in [0.717, 1.165) is 30.9 Å². The third-order valence-corrected chi connectivity index (χ3v) is 4.66. The summed E-state index contributed by atoms with van der Waals surface area (Å²) in [5, 5.41) is 3.11. The maximum atomic E-state index is 12.8. The molecule has 1 aliphatic heterocycles. The van der Waals surface area contributed by atoms with Crippen molar-refractivity contribution in [1.82, 2.24) is 24.7 Å². The van der Waals surface area contributed by atoms with Crippen LogP contribution in [0, 0.1) is 6.92 Å². The van der Waals surface area contributed by atoms with Crippen molar-refractivity contribution in [1.29, 1.82) is 0 Å². The molecule has 3 rings (SSSR count). The van der Waals surface area contributed by atoms with Crippen molar-refractivity contribution in [2.75, 3.05) is 40.3 Å². The maximum Gasteiger partial charge on any atom is 0.253 e. The minimum absolute atomic E-state index is 0.0379. The van der Waals surface area contributed by atoms with E-state index in [1.54, 1.807) is 12.5 Å². The molecule has 0 bridgehead atoms. The van der Waals surface area contributed by atoms with Crippen LogP contribution < -0.4 is 5.32 Å². The number of nitrogens with zero attached hydrogens (tertiary/aromatic N) is 4. The molecule has 0 spiro atoms. The minimum Gasteiger partial charge on any atom is -0.350 e. The zero-order chi connectivity index (χ0) is 17.1. The van der Waals surface area contributed by atoms with E-state index < -0.39 is 0 Å². The first kappa shape index (κ1) is 16.7. The van der Waals surface area contributed by atoms with Gasteiger partial charge >= 0.3 is 0 Å². The van der Waals surface area contributed by atoms with Gasteiger partial charge < -0.3 is 14.8 Å².